The van der Waals surface area contributed by atoms with Gasteiger partial charge < -0.3 is 48.7 Å². The van der Waals surface area contributed by atoms with Crippen LogP contribution in [0.5, 0.6) is 5.75 Å². The fourth-order valence-electron chi connectivity index (χ4n) is 14.0. The smallest absolute Gasteiger partial charge is 0.344 e. The van der Waals surface area contributed by atoms with Gasteiger partial charge in [-0.15, -0.1) is 0 Å². The number of para-hydroxylation sites is 1. The summed E-state index contributed by atoms with van der Waals surface area (Å²) in [4.78, 5) is 67.2. The summed E-state index contributed by atoms with van der Waals surface area (Å²) in [5.74, 6) is -2.73. The van der Waals surface area contributed by atoms with Gasteiger partial charge >= 0.3 is 17.9 Å². The lowest BCUT2D eigenvalue weighted by atomic mass is 9.46. The number of anilines is 1. The lowest BCUT2D eigenvalue weighted by molar-refractivity contribution is -0.241. The van der Waals surface area contributed by atoms with E-state index < -0.39 is 69.5 Å². The maximum absolute atomic E-state index is 15.4. The molecule has 1 aliphatic carbocycles. The normalized spacial score (nSPS) is 38.2. The molecule has 2 bridgehead atoms. The van der Waals surface area contributed by atoms with Gasteiger partial charge in [-0.2, -0.15) is 0 Å². The Hall–Kier alpha value is -4.70. The van der Waals surface area contributed by atoms with E-state index in [1.165, 1.54) is 28.3 Å². The van der Waals surface area contributed by atoms with Crippen LogP contribution >= 0.6 is 0 Å². The molecule has 1 aromatic heterocycles. The van der Waals surface area contributed by atoms with Crippen molar-refractivity contribution in [3.05, 3.63) is 58.8 Å². The third-order valence-corrected chi connectivity index (χ3v) is 16.3. The van der Waals surface area contributed by atoms with E-state index in [2.05, 4.69) is 9.88 Å². The van der Waals surface area contributed by atoms with Gasteiger partial charge in [0.15, 0.2) is 6.10 Å². The van der Waals surface area contributed by atoms with Crippen LogP contribution in [-0.4, -0.2) is 145 Å². The summed E-state index contributed by atoms with van der Waals surface area (Å²) in [7, 11) is 5.94. The molecule has 10 rings (SSSR count). The molecule has 1 saturated carbocycles. The van der Waals surface area contributed by atoms with Crippen molar-refractivity contribution < 1.29 is 53.1 Å². The highest BCUT2D eigenvalue weighted by Gasteiger charge is 2.85. The van der Waals surface area contributed by atoms with Crippen molar-refractivity contribution >= 4 is 40.4 Å². The maximum atomic E-state index is 15.4. The van der Waals surface area contributed by atoms with Crippen LogP contribution in [0.1, 0.15) is 75.3 Å². The van der Waals surface area contributed by atoms with E-state index >= 15 is 4.79 Å². The van der Waals surface area contributed by atoms with Crippen LogP contribution in [0, 0.1) is 11.3 Å². The molecule has 3 N–H and O–H groups in total. The van der Waals surface area contributed by atoms with Crippen molar-refractivity contribution in [2.75, 3.05) is 59.5 Å². The number of hydrogen-bond donors (Lipinski definition) is 3. The third-order valence-electron chi connectivity index (χ3n) is 16.3. The largest absolute Gasteiger partial charge is 0.496 e. The van der Waals surface area contributed by atoms with E-state index in [0.717, 1.165) is 22.0 Å². The van der Waals surface area contributed by atoms with Crippen molar-refractivity contribution in [1.82, 2.24) is 14.8 Å². The summed E-state index contributed by atoms with van der Waals surface area (Å²) in [5.41, 5.74) is -3.07. The number of hydrogen-bond acceptors (Lipinski definition) is 13. The fraction of sp³-hybridized carbons (Fsp3) is 0.609. The average molecular weight is 841 g/mol. The lowest BCUT2D eigenvalue weighted by Gasteiger charge is -2.64. The zero-order chi connectivity index (χ0) is 43.2. The standard InChI is InChI=1S/C46H56N4O11/c1-8-42(55)20-25-21-45(40(53)58-6,34-27(14-16-50(23-42)36(25)52)26-12-10-11-13-30(26)47-34)29-18-28-31(19-32(29)57-5)48(4)38-44(28)15-17-49-22-33-35(61-33)43(9-2,37(44)49)39(60-24(3)51)46(38,56)41(54)59-7/h10-13,18-19,25,33,35,37-39,47,55-56H,8-9,14-17,20-23H2,1-7H3/t25-,33-,35-,37-,38+,39+,42-,43+,44+,45-,46-/m0/s1. The number of likely N-dealkylation sites (N-methyl/N-ethyl adjacent to an activating group) is 1. The molecule has 15 nitrogen and oxygen atoms in total. The molecule has 7 aliphatic rings. The number of carbonyl (C=O) groups excluding carboxylic acids is 4. The molecule has 1 spiro atoms. The Morgan fingerprint density at radius 3 is 2.41 bits per heavy atom. The predicted molar refractivity (Wildman–Crippen MR) is 220 cm³/mol. The van der Waals surface area contributed by atoms with E-state index in [4.69, 9.17) is 23.7 Å². The maximum Gasteiger partial charge on any atom is 0.344 e. The first-order chi connectivity index (χ1) is 29.1. The van der Waals surface area contributed by atoms with Crippen molar-refractivity contribution in [2.45, 2.75) is 112 Å². The number of aromatic nitrogens is 1. The van der Waals surface area contributed by atoms with E-state index in [1.807, 2.05) is 62.2 Å². The number of esters is 3. The first-order valence-electron chi connectivity index (χ1n) is 21.7. The number of nitrogens with one attached hydrogen (secondary N) is 1. The zero-order valence-corrected chi connectivity index (χ0v) is 35.9. The second kappa shape index (κ2) is 13.4. The number of rotatable bonds is 7. The third kappa shape index (κ3) is 4.94. The molecule has 0 radical (unpaired) electrons. The van der Waals surface area contributed by atoms with Gasteiger partial charge in [-0.1, -0.05) is 32.0 Å². The van der Waals surface area contributed by atoms with Gasteiger partial charge in [0.05, 0.1) is 50.6 Å². The van der Waals surface area contributed by atoms with Gasteiger partial charge in [-0.25, -0.2) is 4.79 Å². The predicted octanol–water partition coefficient (Wildman–Crippen LogP) is 2.73. The Bertz CT molecular complexity index is 2380. The van der Waals surface area contributed by atoms with Crippen LogP contribution in [-0.2, 0) is 55.4 Å². The molecule has 326 valence electrons. The number of piperidine rings is 2. The van der Waals surface area contributed by atoms with Crippen molar-refractivity contribution in [3.63, 3.8) is 0 Å². The second-order valence-electron chi connectivity index (χ2n) is 18.8. The van der Waals surface area contributed by atoms with Gasteiger partial charge in [0.1, 0.15) is 11.2 Å². The molecule has 6 aliphatic heterocycles. The van der Waals surface area contributed by atoms with Crippen molar-refractivity contribution in [2.24, 2.45) is 11.3 Å². The fourth-order valence-corrected chi connectivity index (χ4v) is 14.0. The minimum atomic E-state index is -2.37. The topological polar surface area (TPSA) is 184 Å². The van der Waals surface area contributed by atoms with Crippen LogP contribution < -0.4 is 9.64 Å². The van der Waals surface area contributed by atoms with Gasteiger partial charge in [0, 0.05) is 84.9 Å². The number of methoxy groups -OCH3 is 3. The average Bonchev–Trinajstić information content (AvgIpc) is 3.71. The summed E-state index contributed by atoms with van der Waals surface area (Å²) in [6.45, 7) is 6.96. The van der Waals surface area contributed by atoms with E-state index in [0.29, 0.717) is 68.0 Å². The molecule has 61 heavy (non-hydrogen) atoms. The lowest BCUT2D eigenvalue weighted by Crippen LogP contribution is -2.83. The molecule has 4 saturated heterocycles. The summed E-state index contributed by atoms with van der Waals surface area (Å²) < 4.78 is 30.3. The van der Waals surface area contributed by atoms with E-state index in [1.54, 1.807) is 4.90 Å². The van der Waals surface area contributed by atoms with Crippen molar-refractivity contribution in [1.29, 1.82) is 0 Å². The Morgan fingerprint density at radius 1 is 0.967 bits per heavy atom. The zero-order valence-electron chi connectivity index (χ0n) is 35.9. The molecule has 15 heteroatoms. The minimum absolute atomic E-state index is 0.0365. The highest BCUT2D eigenvalue weighted by Crippen LogP contribution is 2.71. The summed E-state index contributed by atoms with van der Waals surface area (Å²) >= 11 is 0. The van der Waals surface area contributed by atoms with E-state index in [9.17, 15) is 24.6 Å². The molecule has 7 heterocycles. The number of carbonyl (C=O) groups is 4. The first kappa shape index (κ1) is 40.4. The highest BCUT2D eigenvalue weighted by atomic mass is 16.6. The van der Waals surface area contributed by atoms with E-state index in [-0.39, 0.29) is 37.4 Å². The molecule has 3 aromatic rings. The Kier molecular flexibility index (Phi) is 8.87. The van der Waals surface area contributed by atoms with Gasteiger partial charge in [0.2, 0.25) is 11.5 Å². The van der Waals surface area contributed by atoms with Crippen molar-refractivity contribution in [3.8, 4) is 5.75 Å². The van der Waals surface area contributed by atoms with Crippen LogP contribution in [0.4, 0.5) is 5.69 Å². The van der Waals surface area contributed by atoms with Gasteiger partial charge in [-0.05, 0) is 68.3 Å². The molecule has 0 unspecified atom stereocenters. The summed E-state index contributed by atoms with van der Waals surface area (Å²) in [6.07, 6.45) is -0.0488. The minimum Gasteiger partial charge on any atom is -0.496 e. The number of epoxide rings is 1. The SMILES string of the molecule is CC[C@]1(O)C[C@H]2C[C@](C(=O)OC)(c3cc4c(cc3OC)N(C)[C@H]3[C@@](O)(C(=O)OC)[C@H](OC(C)=O)[C@@]5(CC)[C@@H]6N(CC[C@@]463)C[C@@H]3O[C@@H]35)c3[nH]c4ccccc4c3CCN(C1)C2=O. The Labute approximate surface area is 354 Å². The molecule has 5 fully saturated rings. The van der Waals surface area contributed by atoms with Crippen LogP contribution in [0.2, 0.25) is 0 Å². The monoisotopic (exact) mass is 840 g/mol. The molecule has 1 amide bonds. The summed E-state index contributed by atoms with van der Waals surface area (Å²) in [6, 6.07) is 10.4. The number of nitrogens with zero attached hydrogens (tertiary/aromatic N) is 3. The van der Waals surface area contributed by atoms with Gasteiger partial charge in [0.25, 0.3) is 0 Å². The first-order valence-corrected chi connectivity index (χ1v) is 21.7. The number of fused-ring (bicyclic) bond motifs is 8. The molecule has 2 aromatic carbocycles. The van der Waals surface area contributed by atoms with Crippen LogP contribution in [0.15, 0.2) is 36.4 Å². The number of ether oxygens (including phenoxy) is 5. The number of amides is 1. The number of H-pyrrole nitrogens is 1. The summed E-state index contributed by atoms with van der Waals surface area (Å²) in [5, 5.41) is 26.3. The quantitative estimate of drug-likeness (QED) is 0.180. The van der Waals surface area contributed by atoms with Gasteiger partial charge in [-0.3, -0.25) is 19.3 Å². The highest BCUT2D eigenvalue weighted by molar-refractivity contribution is 5.96. The number of aliphatic hydroxyl groups is 2. The number of aromatic amines is 1. The number of benzene rings is 2. The Morgan fingerprint density at radius 2 is 1.72 bits per heavy atom. The Balaban J connectivity index is 1.29. The second-order valence-corrected chi connectivity index (χ2v) is 18.8. The van der Waals surface area contributed by atoms with Crippen LogP contribution in [0.3, 0.4) is 0 Å². The molecule has 11 atom stereocenters. The van der Waals surface area contributed by atoms with Crippen LogP contribution in [0.25, 0.3) is 10.9 Å². The molecular formula is C46H56N4O11. The molecular weight excluding hydrogens is 785 g/mol.